The summed E-state index contributed by atoms with van der Waals surface area (Å²) in [4.78, 5) is 33.2. The van der Waals surface area contributed by atoms with Gasteiger partial charge in [-0.25, -0.2) is 14.2 Å². The van der Waals surface area contributed by atoms with E-state index in [-0.39, 0.29) is 46.4 Å². The van der Waals surface area contributed by atoms with Crippen molar-refractivity contribution in [3.63, 3.8) is 0 Å². The van der Waals surface area contributed by atoms with Gasteiger partial charge in [-0.2, -0.15) is 0 Å². The normalized spacial score (nSPS) is 24.0. The van der Waals surface area contributed by atoms with Crippen molar-refractivity contribution in [2.45, 2.75) is 38.6 Å². The highest BCUT2D eigenvalue weighted by Crippen LogP contribution is 2.56. The molecule has 0 radical (unpaired) electrons. The zero-order valence-corrected chi connectivity index (χ0v) is 14.6. The molecule has 3 fully saturated rings. The van der Waals surface area contributed by atoms with Crippen LogP contribution in [0.25, 0.3) is 11.0 Å². The highest BCUT2D eigenvalue weighted by atomic mass is 19.1. The number of aliphatic hydroxyl groups is 1. The monoisotopic (exact) mass is 360 g/mol. The van der Waals surface area contributed by atoms with E-state index in [4.69, 9.17) is 0 Å². The van der Waals surface area contributed by atoms with Gasteiger partial charge < -0.3 is 10.0 Å². The third kappa shape index (κ3) is 2.11. The minimum Gasteiger partial charge on any atom is -0.396 e. The van der Waals surface area contributed by atoms with E-state index in [0.29, 0.717) is 13.1 Å². The fraction of sp³-hybridized carbons (Fsp3) is 0.611. The average molecular weight is 360 g/mol. The summed E-state index contributed by atoms with van der Waals surface area (Å²) in [7, 11) is 0. The molecule has 0 bridgehead atoms. The number of nitrogens with one attached hydrogen (secondary N) is 1. The van der Waals surface area contributed by atoms with Crippen molar-refractivity contribution in [3.8, 4) is 0 Å². The van der Waals surface area contributed by atoms with E-state index in [2.05, 4.69) is 9.97 Å². The number of pyridine rings is 1. The van der Waals surface area contributed by atoms with Crippen LogP contribution in [-0.4, -0.2) is 39.3 Å². The van der Waals surface area contributed by atoms with Gasteiger partial charge in [0.2, 0.25) is 0 Å². The van der Waals surface area contributed by atoms with Gasteiger partial charge in [0.05, 0.1) is 5.39 Å². The number of aliphatic hydroxyl groups excluding tert-OH is 1. The summed E-state index contributed by atoms with van der Waals surface area (Å²) in [6, 6.07) is 0.0191. The maximum atomic E-state index is 15.1. The first-order valence-electron chi connectivity index (χ1n) is 9.15. The Morgan fingerprint density at radius 2 is 2.08 bits per heavy atom. The molecule has 2 aromatic heterocycles. The molecule has 0 aromatic carbocycles. The minimum absolute atomic E-state index is 0.0191. The molecule has 26 heavy (non-hydrogen) atoms. The predicted molar refractivity (Wildman–Crippen MR) is 94.0 cm³/mol. The van der Waals surface area contributed by atoms with E-state index in [0.717, 1.165) is 25.7 Å². The molecule has 2 saturated carbocycles. The Kier molecular flexibility index (Phi) is 3.17. The largest absolute Gasteiger partial charge is 0.396 e. The van der Waals surface area contributed by atoms with Gasteiger partial charge in [0.15, 0.2) is 17.3 Å². The minimum atomic E-state index is -0.592. The Balaban J connectivity index is 1.72. The predicted octanol–water partition coefficient (Wildman–Crippen LogP) is 1.08. The van der Waals surface area contributed by atoms with Crippen molar-refractivity contribution in [2.75, 3.05) is 24.6 Å². The van der Waals surface area contributed by atoms with Crippen LogP contribution in [0.3, 0.4) is 0 Å². The van der Waals surface area contributed by atoms with Crippen molar-refractivity contribution in [3.05, 3.63) is 32.2 Å². The van der Waals surface area contributed by atoms with Crippen LogP contribution in [0.4, 0.5) is 10.2 Å². The van der Waals surface area contributed by atoms with Crippen molar-refractivity contribution in [1.29, 1.82) is 0 Å². The molecular weight excluding hydrogens is 339 g/mol. The van der Waals surface area contributed by atoms with Crippen LogP contribution in [0.1, 0.15) is 37.3 Å². The van der Waals surface area contributed by atoms with E-state index in [1.165, 1.54) is 4.57 Å². The van der Waals surface area contributed by atoms with Crippen LogP contribution in [0.5, 0.6) is 0 Å². The highest BCUT2D eigenvalue weighted by molar-refractivity contribution is 5.81. The number of anilines is 1. The molecule has 2 N–H and O–H groups in total. The lowest BCUT2D eigenvalue weighted by atomic mass is 9.94. The molecule has 0 amide bonds. The summed E-state index contributed by atoms with van der Waals surface area (Å²) < 4.78 is 16.6. The van der Waals surface area contributed by atoms with Crippen LogP contribution in [0.15, 0.2) is 9.59 Å². The molecule has 5 rings (SSSR count). The molecule has 1 saturated heterocycles. The van der Waals surface area contributed by atoms with Gasteiger partial charge in [-0.15, -0.1) is 0 Å². The molecule has 1 spiro atoms. The molecule has 3 aliphatic rings. The molecule has 2 aromatic rings. The molecular formula is C18H21FN4O3. The number of hydrogen-bond donors (Lipinski definition) is 2. The SMILES string of the molecule is Cc1c(F)c(N2CC(CO)C3(CC3)C2)nc2c1c(=O)[nH]c(=O)n2C1CC1. The first-order valence-corrected chi connectivity index (χ1v) is 9.15. The standard InChI is InChI=1S/C18H21FN4O3/c1-9-12-14(23(11-2-3-11)17(26)21-16(12)25)20-15(13(9)19)22-6-10(7-24)18(8-22)4-5-18/h10-11,24H,2-8H2,1H3,(H,21,25,26). The molecule has 7 nitrogen and oxygen atoms in total. The number of aromatic amines is 1. The first kappa shape index (κ1) is 16.0. The molecule has 1 aliphatic heterocycles. The van der Waals surface area contributed by atoms with E-state index >= 15 is 4.39 Å². The van der Waals surface area contributed by atoms with Gasteiger partial charge in [0, 0.05) is 37.2 Å². The van der Waals surface area contributed by atoms with Gasteiger partial charge in [-0.1, -0.05) is 0 Å². The summed E-state index contributed by atoms with van der Waals surface area (Å²) in [6.45, 7) is 2.84. The van der Waals surface area contributed by atoms with Gasteiger partial charge in [0.25, 0.3) is 5.56 Å². The third-order valence-corrected chi connectivity index (χ3v) is 6.37. The van der Waals surface area contributed by atoms with E-state index < -0.39 is 17.1 Å². The quantitative estimate of drug-likeness (QED) is 0.855. The van der Waals surface area contributed by atoms with Crippen LogP contribution < -0.4 is 16.1 Å². The second kappa shape index (κ2) is 5.16. The maximum Gasteiger partial charge on any atom is 0.330 e. The number of aryl methyl sites for hydroxylation is 1. The highest BCUT2D eigenvalue weighted by Gasteiger charge is 2.55. The summed E-state index contributed by atoms with van der Waals surface area (Å²) in [6.07, 6.45) is 3.78. The summed E-state index contributed by atoms with van der Waals surface area (Å²) in [5.41, 5.74) is -0.519. The molecule has 2 aliphatic carbocycles. The first-order chi connectivity index (χ1) is 12.4. The van der Waals surface area contributed by atoms with Crippen molar-refractivity contribution in [1.82, 2.24) is 14.5 Å². The topological polar surface area (TPSA) is 91.2 Å². The lowest BCUT2D eigenvalue weighted by Crippen LogP contribution is -2.32. The summed E-state index contributed by atoms with van der Waals surface area (Å²) in [5, 5.41) is 9.82. The Labute approximate surface area is 148 Å². The van der Waals surface area contributed by atoms with Crippen molar-refractivity contribution < 1.29 is 9.50 Å². The van der Waals surface area contributed by atoms with E-state index in [1.807, 2.05) is 4.90 Å². The fourth-order valence-corrected chi connectivity index (χ4v) is 4.47. The number of hydrogen-bond acceptors (Lipinski definition) is 5. The van der Waals surface area contributed by atoms with Crippen LogP contribution in [0.2, 0.25) is 0 Å². The van der Waals surface area contributed by atoms with Gasteiger partial charge in [-0.05, 0) is 38.0 Å². The molecule has 138 valence electrons. The third-order valence-electron chi connectivity index (χ3n) is 6.37. The average Bonchev–Trinajstić information content (AvgIpc) is 3.50. The Hall–Kier alpha value is -2.22. The number of rotatable bonds is 3. The number of fused-ring (bicyclic) bond motifs is 1. The maximum absolute atomic E-state index is 15.1. The summed E-state index contributed by atoms with van der Waals surface area (Å²) >= 11 is 0. The van der Waals surface area contributed by atoms with Crippen molar-refractivity contribution >= 4 is 16.9 Å². The van der Waals surface area contributed by atoms with Gasteiger partial charge in [0.1, 0.15) is 0 Å². The van der Waals surface area contributed by atoms with E-state index in [9.17, 15) is 14.7 Å². The van der Waals surface area contributed by atoms with E-state index in [1.54, 1.807) is 6.92 Å². The smallest absolute Gasteiger partial charge is 0.330 e. The molecule has 1 atom stereocenters. The molecule has 1 unspecified atom stereocenters. The second-order valence-corrected chi connectivity index (χ2v) is 8.06. The number of aromatic nitrogens is 3. The Morgan fingerprint density at radius 1 is 1.35 bits per heavy atom. The van der Waals surface area contributed by atoms with Gasteiger partial charge in [-0.3, -0.25) is 14.3 Å². The lowest BCUT2D eigenvalue weighted by molar-refractivity contribution is 0.197. The molecule has 3 heterocycles. The fourth-order valence-electron chi connectivity index (χ4n) is 4.47. The van der Waals surface area contributed by atoms with Crippen LogP contribution in [0, 0.1) is 24.1 Å². The summed E-state index contributed by atoms with van der Waals surface area (Å²) in [5.74, 6) is -0.209. The number of halogens is 1. The van der Waals surface area contributed by atoms with Crippen LogP contribution >= 0.6 is 0 Å². The van der Waals surface area contributed by atoms with Gasteiger partial charge >= 0.3 is 5.69 Å². The zero-order valence-electron chi connectivity index (χ0n) is 14.6. The van der Waals surface area contributed by atoms with Crippen LogP contribution in [-0.2, 0) is 0 Å². The second-order valence-electron chi connectivity index (χ2n) is 8.06. The molecule has 8 heteroatoms. The lowest BCUT2D eigenvalue weighted by Gasteiger charge is -2.20. The van der Waals surface area contributed by atoms with Crippen molar-refractivity contribution in [2.24, 2.45) is 11.3 Å². The number of nitrogens with zero attached hydrogens (tertiary/aromatic N) is 3. The number of H-pyrrole nitrogens is 1. The Morgan fingerprint density at radius 3 is 2.65 bits per heavy atom. The zero-order chi connectivity index (χ0) is 18.2. The Bertz CT molecular complexity index is 1040.